The van der Waals surface area contributed by atoms with Gasteiger partial charge in [0.05, 0.1) is 5.56 Å². The van der Waals surface area contributed by atoms with Crippen LogP contribution in [0.4, 0.5) is 4.39 Å². The molecule has 3 aromatic rings. The van der Waals surface area contributed by atoms with Crippen molar-refractivity contribution in [2.75, 3.05) is 0 Å². The van der Waals surface area contributed by atoms with E-state index in [4.69, 9.17) is 0 Å². The van der Waals surface area contributed by atoms with E-state index in [1.54, 1.807) is 18.3 Å². The van der Waals surface area contributed by atoms with Crippen molar-refractivity contribution in [3.63, 3.8) is 0 Å². The molecule has 0 atom stereocenters. The number of rotatable bonds is 3. The monoisotopic (exact) mass is 337 g/mol. The third kappa shape index (κ3) is 3.14. The van der Waals surface area contributed by atoms with Crippen LogP contribution in [0, 0.1) is 5.95 Å². The topological polar surface area (TPSA) is 57.8 Å². The minimum absolute atomic E-state index is 0.0676. The number of carbonyl (C=O) groups is 1. The Hall–Kier alpha value is -2.69. The number of amides is 1. The number of hydrogen-bond donors (Lipinski definition) is 2. The van der Waals surface area contributed by atoms with Crippen LogP contribution in [-0.4, -0.2) is 21.9 Å². The van der Waals surface area contributed by atoms with Gasteiger partial charge < -0.3 is 10.3 Å². The number of aromatic nitrogens is 2. The lowest BCUT2D eigenvalue weighted by Crippen LogP contribution is -2.36. The Morgan fingerprint density at radius 1 is 1.20 bits per heavy atom. The highest BCUT2D eigenvalue weighted by molar-refractivity contribution is 6.07. The lowest BCUT2D eigenvalue weighted by atomic mass is 9.95. The molecule has 2 heterocycles. The zero-order valence-electron chi connectivity index (χ0n) is 13.9. The van der Waals surface area contributed by atoms with Crippen LogP contribution in [0.5, 0.6) is 0 Å². The van der Waals surface area contributed by atoms with Crippen molar-refractivity contribution in [3.8, 4) is 11.1 Å². The van der Waals surface area contributed by atoms with Gasteiger partial charge in [0.1, 0.15) is 0 Å². The van der Waals surface area contributed by atoms with Crippen molar-refractivity contribution < 1.29 is 9.18 Å². The van der Waals surface area contributed by atoms with Crippen molar-refractivity contribution in [1.82, 2.24) is 15.3 Å². The van der Waals surface area contributed by atoms with E-state index in [2.05, 4.69) is 15.3 Å². The van der Waals surface area contributed by atoms with E-state index in [1.807, 2.05) is 18.2 Å². The second-order valence-electron chi connectivity index (χ2n) is 6.61. The van der Waals surface area contributed by atoms with Crippen LogP contribution in [0.25, 0.3) is 22.0 Å². The molecule has 0 spiro atoms. The van der Waals surface area contributed by atoms with Gasteiger partial charge in [-0.15, -0.1) is 0 Å². The van der Waals surface area contributed by atoms with E-state index in [1.165, 1.54) is 25.5 Å². The smallest absolute Gasteiger partial charge is 0.253 e. The van der Waals surface area contributed by atoms with E-state index >= 15 is 0 Å². The van der Waals surface area contributed by atoms with Gasteiger partial charge in [0, 0.05) is 34.9 Å². The van der Waals surface area contributed by atoms with Crippen LogP contribution in [0.2, 0.25) is 0 Å². The minimum Gasteiger partial charge on any atom is -0.360 e. The van der Waals surface area contributed by atoms with Gasteiger partial charge in [0.25, 0.3) is 5.91 Å². The van der Waals surface area contributed by atoms with Gasteiger partial charge in [-0.2, -0.15) is 4.39 Å². The molecule has 4 rings (SSSR count). The van der Waals surface area contributed by atoms with Crippen molar-refractivity contribution in [1.29, 1.82) is 0 Å². The summed E-state index contributed by atoms with van der Waals surface area (Å²) in [6.07, 6.45) is 8.83. The molecule has 25 heavy (non-hydrogen) atoms. The summed E-state index contributed by atoms with van der Waals surface area (Å²) in [6.45, 7) is 0. The first-order chi connectivity index (χ1) is 12.2. The quantitative estimate of drug-likeness (QED) is 0.695. The molecule has 4 nitrogen and oxygen atoms in total. The predicted octanol–water partition coefficient (Wildman–Crippen LogP) is 4.43. The molecule has 1 aliphatic carbocycles. The summed E-state index contributed by atoms with van der Waals surface area (Å²) in [5, 5.41) is 3.94. The van der Waals surface area contributed by atoms with E-state index in [0.29, 0.717) is 16.7 Å². The summed E-state index contributed by atoms with van der Waals surface area (Å²) in [4.78, 5) is 19.5. The molecular formula is C20H20FN3O. The maximum atomic E-state index is 14.0. The number of hydrogen-bond acceptors (Lipinski definition) is 2. The molecule has 1 fully saturated rings. The molecule has 1 aliphatic rings. The van der Waals surface area contributed by atoms with Gasteiger partial charge in [-0.05, 0) is 42.7 Å². The number of fused-ring (bicyclic) bond motifs is 1. The fourth-order valence-corrected chi connectivity index (χ4v) is 3.59. The average Bonchev–Trinajstić information content (AvgIpc) is 3.06. The summed E-state index contributed by atoms with van der Waals surface area (Å²) in [5.74, 6) is -0.576. The highest BCUT2D eigenvalue weighted by atomic mass is 19.1. The molecule has 0 saturated heterocycles. The van der Waals surface area contributed by atoms with Crippen molar-refractivity contribution in [2.24, 2.45) is 0 Å². The minimum atomic E-state index is -0.509. The molecule has 0 radical (unpaired) electrons. The molecule has 2 aromatic heterocycles. The maximum absolute atomic E-state index is 14.0. The fraction of sp³-hybridized carbons (Fsp3) is 0.300. The number of nitrogens with one attached hydrogen (secondary N) is 2. The van der Waals surface area contributed by atoms with Crippen molar-refractivity contribution in [3.05, 3.63) is 54.2 Å². The Balaban J connectivity index is 1.67. The molecule has 1 saturated carbocycles. The number of halogens is 1. The molecule has 0 aliphatic heterocycles. The van der Waals surface area contributed by atoms with Gasteiger partial charge in [0.15, 0.2) is 0 Å². The first-order valence-corrected chi connectivity index (χ1v) is 8.75. The second-order valence-corrected chi connectivity index (χ2v) is 6.61. The lowest BCUT2D eigenvalue weighted by molar-refractivity contribution is 0.0929. The van der Waals surface area contributed by atoms with Gasteiger partial charge in [0.2, 0.25) is 5.95 Å². The van der Waals surface area contributed by atoms with E-state index in [9.17, 15) is 9.18 Å². The number of nitrogens with zero attached hydrogens (tertiary/aromatic N) is 1. The van der Waals surface area contributed by atoms with Gasteiger partial charge in [-0.1, -0.05) is 25.3 Å². The summed E-state index contributed by atoms with van der Waals surface area (Å²) in [7, 11) is 0. The second kappa shape index (κ2) is 6.67. The van der Waals surface area contributed by atoms with Gasteiger partial charge >= 0.3 is 0 Å². The maximum Gasteiger partial charge on any atom is 0.253 e. The van der Waals surface area contributed by atoms with Crippen LogP contribution < -0.4 is 5.32 Å². The Bertz CT molecular complexity index is 912. The molecule has 1 amide bonds. The van der Waals surface area contributed by atoms with Crippen LogP contribution in [0.3, 0.4) is 0 Å². The summed E-state index contributed by atoms with van der Waals surface area (Å²) in [5.41, 5.74) is 2.61. The highest BCUT2D eigenvalue weighted by Crippen LogP contribution is 2.28. The molecular weight excluding hydrogens is 317 g/mol. The fourth-order valence-electron chi connectivity index (χ4n) is 3.59. The van der Waals surface area contributed by atoms with Crippen LogP contribution in [0.15, 0.2) is 42.7 Å². The summed E-state index contributed by atoms with van der Waals surface area (Å²) < 4.78 is 14.0. The van der Waals surface area contributed by atoms with E-state index in [0.717, 1.165) is 23.7 Å². The molecule has 128 valence electrons. The number of carbonyl (C=O) groups excluding carboxylic acids is 1. The molecule has 0 unspecified atom stereocenters. The molecule has 1 aromatic carbocycles. The average molecular weight is 337 g/mol. The first-order valence-electron chi connectivity index (χ1n) is 8.75. The Labute approximate surface area is 145 Å². The SMILES string of the molecule is O=C(NC1CCCCC1)c1c[nH]c2ccc(-c3cccnc3F)cc12. The Morgan fingerprint density at radius 2 is 2.04 bits per heavy atom. The number of aromatic amines is 1. The summed E-state index contributed by atoms with van der Waals surface area (Å²) in [6, 6.07) is 9.21. The molecule has 5 heteroatoms. The van der Waals surface area contributed by atoms with E-state index in [-0.39, 0.29) is 11.9 Å². The largest absolute Gasteiger partial charge is 0.360 e. The zero-order valence-corrected chi connectivity index (χ0v) is 13.9. The predicted molar refractivity (Wildman–Crippen MR) is 95.8 cm³/mol. The third-order valence-electron chi connectivity index (χ3n) is 4.94. The van der Waals surface area contributed by atoms with Crippen LogP contribution in [-0.2, 0) is 0 Å². The lowest BCUT2D eigenvalue weighted by Gasteiger charge is -2.22. The highest BCUT2D eigenvalue weighted by Gasteiger charge is 2.19. The summed E-state index contributed by atoms with van der Waals surface area (Å²) >= 11 is 0. The zero-order chi connectivity index (χ0) is 17.2. The van der Waals surface area contributed by atoms with Crippen LogP contribution >= 0.6 is 0 Å². The first kappa shape index (κ1) is 15.8. The standard InChI is InChI=1S/C20H20FN3O/c21-19-15(7-4-10-22-19)13-8-9-18-16(11-13)17(12-23-18)20(25)24-14-5-2-1-3-6-14/h4,7-12,14,23H,1-3,5-6H2,(H,24,25). The number of H-pyrrole nitrogens is 1. The molecule has 2 N–H and O–H groups in total. The van der Waals surface area contributed by atoms with Crippen LogP contribution in [0.1, 0.15) is 42.5 Å². The van der Waals surface area contributed by atoms with Gasteiger partial charge in [-0.3, -0.25) is 4.79 Å². The number of benzene rings is 1. The Morgan fingerprint density at radius 3 is 2.84 bits per heavy atom. The molecule has 0 bridgehead atoms. The van der Waals surface area contributed by atoms with Crippen molar-refractivity contribution >= 4 is 16.8 Å². The van der Waals surface area contributed by atoms with E-state index < -0.39 is 5.95 Å². The normalized spacial score (nSPS) is 15.4. The third-order valence-corrected chi connectivity index (χ3v) is 4.94. The Kier molecular flexibility index (Phi) is 4.22. The van der Waals surface area contributed by atoms with Gasteiger partial charge in [-0.25, -0.2) is 4.98 Å². The number of pyridine rings is 1. The van der Waals surface area contributed by atoms with Crippen molar-refractivity contribution in [2.45, 2.75) is 38.1 Å².